The molecule has 0 saturated carbocycles. The Morgan fingerprint density at radius 3 is 2.44 bits per heavy atom. The molecule has 2 aromatic rings. The van der Waals surface area contributed by atoms with Crippen LogP contribution in [0.3, 0.4) is 0 Å². The zero-order valence-electron chi connectivity index (χ0n) is 37.2. The molecule has 0 spiro atoms. The first-order valence-electron chi connectivity index (χ1n) is 21.0. The average Bonchev–Trinajstić information content (AvgIpc) is 3.80. The maximum atomic E-state index is 12.6. The molecule has 0 aromatic carbocycles. The van der Waals surface area contributed by atoms with Gasteiger partial charge in [-0.25, -0.2) is 19.3 Å². The minimum atomic E-state index is -5.94. The van der Waals surface area contributed by atoms with E-state index in [1.165, 1.54) is 19.9 Å². The molecule has 2 saturated heterocycles. The number of nitrogens with two attached hydrogens (primary N) is 1. The molecule has 8 N–H and O–H groups in total. The molecule has 386 valence electrons. The van der Waals surface area contributed by atoms with Crippen molar-refractivity contribution in [3.8, 4) is 0 Å². The van der Waals surface area contributed by atoms with Crippen LogP contribution in [0, 0.1) is 5.41 Å². The number of nitrogens with zero attached hydrogens (tertiary/aromatic N) is 4. The number of amides is 2. The molecule has 2 amide bonds. The third-order valence-corrected chi connectivity index (χ3v) is 14.1. The van der Waals surface area contributed by atoms with Gasteiger partial charge in [-0.1, -0.05) is 38.1 Å². The number of allylic oxidation sites excluding steroid dienone is 1. The van der Waals surface area contributed by atoms with Crippen molar-refractivity contribution >= 4 is 69.1 Å². The van der Waals surface area contributed by atoms with Crippen molar-refractivity contribution in [2.45, 2.75) is 128 Å². The largest absolute Gasteiger partial charge is 0.790 e. The number of nitrogen functional groups attached to an aromatic ring is 1. The molecule has 4 rings (SSSR count). The van der Waals surface area contributed by atoms with Crippen LogP contribution >= 0.6 is 35.2 Å². The van der Waals surface area contributed by atoms with E-state index in [4.69, 9.17) is 19.9 Å². The van der Waals surface area contributed by atoms with Crippen molar-refractivity contribution in [1.82, 2.24) is 30.2 Å². The molecule has 0 bridgehead atoms. The molecule has 12 atom stereocenters. The highest BCUT2D eigenvalue weighted by atomic mass is 32.2. The van der Waals surface area contributed by atoms with Crippen molar-refractivity contribution in [3.05, 3.63) is 24.8 Å². The third kappa shape index (κ3) is 18.1. The summed E-state index contributed by atoms with van der Waals surface area (Å²) < 4.78 is 72.0. The lowest BCUT2D eigenvalue weighted by molar-refractivity contribution is -0.347. The van der Waals surface area contributed by atoms with Crippen LogP contribution < -0.4 is 35.9 Å². The standard InChI is InChI=1S/C36H60N7O21P3S/c1-20(60-35-23(45)15-22(44)21(2)61-35)9-7-5-6-8-10-26(47)68-14-13-38-25(46)11-12-39-33(50)30(49)36(3,4)17-59-67(56,57)64-66(54,55)58-16-24-29(63-65(51,52)53)28(48)34(62-24)43-19-42-27-31(37)40-18-41-32(27)43/h8,10,18-24,28-30,34-35,44-45,48-49H,5-7,9,11-17H2,1-4H3,(H,38,46)(H,39,50)(H,54,55)(H,56,57)(H2,37,40,41)(H2,51,52,53)/p-4/b10-8+/t20-,21+,22-,23-,24-,28-,29-,30+,34-,35-/m1/s1. The summed E-state index contributed by atoms with van der Waals surface area (Å²) in [4.78, 5) is 96.7. The van der Waals surface area contributed by atoms with Gasteiger partial charge in [0.25, 0.3) is 15.6 Å². The van der Waals surface area contributed by atoms with Gasteiger partial charge in [0.1, 0.15) is 42.4 Å². The van der Waals surface area contributed by atoms with Crippen molar-refractivity contribution in [1.29, 1.82) is 0 Å². The van der Waals surface area contributed by atoms with Gasteiger partial charge < -0.3 is 88.7 Å². The summed E-state index contributed by atoms with van der Waals surface area (Å²) in [5.74, 6) is -1.35. The van der Waals surface area contributed by atoms with Gasteiger partial charge in [-0.05, 0) is 39.2 Å². The Hall–Kier alpha value is -2.86. The minimum absolute atomic E-state index is 0.0296. The molecule has 4 heterocycles. The molecule has 2 aliphatic heterocycles. The predicted molar refractivity (Wildman–Crippen MR) is 227 cm³/mol. The lowest BCUT2D eigenvalue weighted by Gasteiger charge is -2.36. The Bertz CT molecular complexity index is 2190. The van der Waals surface area contributed by atoms with Crippen LogP contribution in [-0.4, -0.2) is 144 Å². The first kappa shape index (κ1) is 57.7. The fourth-order valence-corrected chi connectivity index (χ4v) is 9.88. The number of anilines is 1. The number of aromatic nitrogens is 4. The van der Waals surface area contributed by atoms with Crippen molar-refractivity contribution in [2.75, 3.05) is 37.8 Å². The molecule has 2 unspecified atom stereocenters. The lowest BCUT2D eigenvalue weighted by Crippen LogP contribution is -2.48. The molecule has 2 aromatic heterocycles. The van der Waals surface area contributed by atoms with Gasteiger partial charge in [-0.2, -0.15) is 0 Å². The monoisotopic (exact) mass is 1050 g/mol. The minimum Gasteiger partial charge on any atom is -0.790 e. The Balaban J connectivity index is 1.11. The van der Waals surface area contributed by atoms with Crippen molar-refractivity contribution < 1.29 is 100 Å². The molecule has 0 radical (unpaired) electrons. The summed E-state index contributed by atoms with van der Waals surface area (Å²) in [7, 11) is -17.7. The van der Waals surface area contributed by atoms with Crippen LogP contribution in [0.5, 0.6) is 0 Å². The molecule has 0 aliphatic carbocycles. The Labute approximate surface area is 394 Å². The Morgan fingerprint density at radius 2 is 1.74 bits per heavy atom. The first-order valence-corrected chi connectivity index (χ1v) is 26.4. The van der Waals surface area contributed by atoms with Gasteiger partial charge in [-0.15, -0.1) is 0 Å². The van der Waals surface area contributed by atoms with E-state index in [0.29, 0.717) is 12.8 Å². The topological polar surface area (TPSA) is 434 Å². The Morgan fingerprint density at radius 1 is 1.03 bits per heavy atom. The van der Waals surface area contributed by atoms with E-state index in [0.717, 1.165) is 41.8 Å². The first-order chi connectivity index (χ1) is 31.7. The number of carbonyl (C=O) groups excluding carboxylic acids is 3. The average molecular weight is 1050 g/mol. The number of aliphatic hydroxyl groups excluding tert-OH is 4. The number of thioether (sulfide) groups is 1. The number of phosphoric ester groups is 3. The lowest BCUT2D eigenvalue weighted by atomic mass is 9.87. The van der Waals surface area contributed by atoms with E-state index in [-0.39, 0.29) is 59.9 Å². The summed E-state index contributed by atoms with van der Waals surface area (Å²) in [6, 6.07) is 0. The van der Waals surface area contributed by atoms with Crippen molar-refractivity contribution in [3.63, 3.8) is 0 Å². The zero-order valence-corrected chi connectivity index (χ0v) is 40.7. The highest BCUT2D eigenvalue weighted by Gasteiger charge is 2.47. The van der Waals surface area contributed by atoms with E-state index < -0.39 is 109 Å². The summed E-state index contributed by atoms with van der Waals surface area (Å²) in [5, 5.41) is 46.0. The molecular formula is C36H56N7O21P3S-4. The molecule has 2 fully saturated rings. The zero-order chi connectivity index (χ0) is 50.6. The second-order valence-electron chi connectivity index (χ2n) is 16.4. The number of fused-ring (bicyclic) bond motifs is 1. The number of aliphatic hydroxyl groups is 4. The number of carbonyl (C=O) groups is 3. The van der Waals surface area contributed by atoms with Crippen LogP contribution in [0.1, 0.15) is 72.4 Å². The second kappa shape index (κ2) is 25.5. The van der Waals surface area contributed by atoms with Gasteiger partial charge in [-0.3, -0.25) is 28.1 Å². The number of unbranched alkanes of at least 4 members (excludes halogenated alkanes) is 2. The number of hydrogen-bond donors (Lipinski definition) is 7. The van der Waals surface area contributed by atoms with E-state index in [9.17, 15) is 68.1 Å². The normalized spacial score (nSPS) is 26.3. The number of hydrogen-bond acceptors (Lipinski definition) is 26. The second-order valence-corrected chi connectivity index (χ2v) is 21.5. The molecule has 68 heavy (non-hydrogen) atoms. The van der Waals surface area contributed by atoms with Gasteiger partial charge in [0.05, 0.1) is 45.7 Å². The number of imidazole rings is 1. The molecule has 32 heteroatoms. The fraction of sp³-hybridized carbons (Fsp3) is 0.722. The van der Waals surface area contributed by atoms with Gasteiger partial charge in [0.2, 0.25) is 16.9 Å². The highest BCUT2D eigenvalue weighted by molar-refractivity contribution is 8.14. The molecule has 2 aliphatic rings. The highest BCUT2D eigenvalue weighted by Crippen LogP contribution is 2.56. The van der Waals surface area contributed by atoms with Crippen LogP contribution in [-0.2, 0) is 60.2 Å². The van der Waals surface area contributed by atoms with E-state index in [1.807, 2.05) is 6.92 Å². The summed E-state index contributed by atoms with van der Waals surface area (Å²) in [5.41, 5.74) is 4.04. The SMILES string of the molecule is C[C@H](CCCC/C=C/C(=O)SCCNC(=O)CCNC(=O)[C@H](O)C(C)(C)COP(=O)([O-])OP(=O)([O-])OC[C@H]1O[C@@H](n2cnc3c(N)ncnc32)[C@H](O)[C@@H]1OP(=O)([O-])[O-])O[C@@H]1O[C@@H](C)[C@H](O)C[C@H]1O. The van der Waals surface area contributed by atoms with Gasteiger partial charge >= 0.3 is 0 Å². The number of nitrogens with one attached hydrogen (secondary N) is 2. The van der Waals surface area contributed by atoms with Crippen LogP contribution in [0.15, 0.2) is 24.8 Å². The van der Waals surface area contributed by atoms with E-state index in [1.54, 1.807) is 13.0 Å². The van der Waals surface area contributed by atoms with E-state index >= 15 is 0 Å². The van der Waals surface area contributed by atoms with Crippen LogP contribution in [0.4, 0.5) is 5.82 Å². The third-order valence-electron chi connectivity index (χ3n) is 10.3. The predicted octanol–water partition coefficient (Wildman–Crippen LogP) is -2.48. The van der Waals surface area contributed by atoms with Crippen LogP contribution in [0.2, 0.25) is 0 Å². The van der Waals surface area contributed by atoms with Crippen molar-refractivity contribution in [2.24, 2.45) is 5.41 Å². The fourth-order valence-electron chi connectivity index (χ4n) is 6.54. The summed E-state index contributed by atoms with van der Waals surface area (Å²) >= 11 is 0.985. The smallest absolute Gasteiger partial charge is 0.274 e. The molecule has 28 nitrogen and oxygen atoms in total. The number of rotatable bonds is 27. The van der Waals surface area contributed by atoms with E-state index in [2.05, 4.69) is 43.5 Å². The Kier molecular flexibility index (Phi) is 21.6. The number of ether oxygens (including phenoxy) is 3. The maximum Gasteiger partial charge on any atom is 0.274 e. The van der Waals surface area contributed by atoms with Crippen LogP contribution in [0.25, 0.3) is 11.2 Å². The maximum absolute atomic E-state index is 12.6. The molecular weight excluding hydrogens is 991 g/mol. The van der Waals surface area contributed by atoms with Gasteiger partial charge in [0, 0.05) is 37.1 Å². The van der Waals surface area contributed by atoms with Gasteiger partial charge in [0.15, 0.2) is 24.0 Å². The quantitative estimate of drug-likeness (QED) is 0.0277. The number of phosphoric acid groups is 3. The summed E-state index contributed by atoms with van der Waals surface area (Å²) in [6.07, 6.45) is -4.46. The summed E-state index contributed by atoms with van der Waals surface area (Å²) in [6.45, 7) is 3.53.